The zero-order chi connectivity index (χ0) is 13.2. The number of piperidine rings is 1. The molecule has 2 aromatic heterocycles. The summed E-state index contributed by atoms with van der Waals surface area (Å²) in [5, 5.41) is 5.07. The van der Waals surface area contributed by atoms with Crippen LogP contribution in [0.1, 0.15) is 39.0 Å². The molecule has 0 unspecified atom stereocenters. The van der Waals surface area contributed by atoms with E-state index >= 15 is 0 Å². The number of nitrogens with zero attached hydrogens (tertiary/aromatic N) is 2. The molecule has 1 amide bonds. The lowest BCUT2D eigenvalue weighted by atomic mass is 9.98. The fraction of sp³-hybridized carbons (Fsp3) is 0.429. The number of thiophene rings is 1. The van der Waals surface area contributed by atoms with Gasteiger partial charge in [0, 0.05) is 35.5 Å². The molecule has 0 radical (unpaired) electrons. The van der Waals surface area contributed by atoms with E-state index in [2.05, 4.69) is 11.9 Å². The van der Waals surface area contributed by atoms with Gasteiger partial charge in [-0.15, -0.1) is 11.3 Å². The molecule has 5 heteroatoms. The number of carbonyl (C=O) groups is 1. The van der Waals surface area contributed by atoms with Crippen molar-refractivity contribution in [2.24, 2.45) is 0 Å². The van der Waals surface area contributed by atoms with Gasteiger partial charge in [0.15, 0.2) is 0 Å². The topological polar surface area (TPSA) is 33.2 Å². The van der Waals surface area contributed by atoms with Crippen molar-refractivity contribution in [2.45, 2.75) is 25.7 Å². The van der Waals surface area contributed by atoms with Gasteiger partial charge in [-0.2, -0.15) is 11.3 Å². The van der Waals surface area contributed by atoms with Crippen molar-refractivity contribution in [3.05, 3.63) is 38.5 Å². The van der Waals surface area contributed by atoms with Gasteiger partial charge in [-0.3, -0.25) is 4.79 Å². The lowest BCUT2D eigenvalue weighted by Crippen LogP contribution is -2.38. The summed E-state index contributed by atoms with van der Waals surface area (Å²) >= 11 is 3.33. The minimum Gasteiger partial charge on any atom is -0.338 e. The Morgan fingerprint density at radius 2 is 2.42 bits per heavy atom. The summed E-state index contributed by atoms with van der Waals surface area (Å²) in [6.45, 7) is 3.76. The van der Waals surface area contributed by atoms with E-state index in [0.29, 0.717) is 5.92 Å². The second-order valence-corrected chi connectivity index (χ2v) is 6.96. The third kappa shape index (κ3) is 2.72. The highest BCUT2D eigenvalue weighted by Gasteiger charge is 2.27. The second-order valence-electron chi connectivity index (χ2n) is 4.91. The smallest absolute Gasteiger partial charge is 0.254 e. The number of amides is 1. The van der Waals surface area contributed by atoms with Crippen LogP contribution in [0.4, 0.5) is 0 Å². The Hall–Kier alpha value is -1.20. The fourth-order valence-electron chi connectivity index (χ4n) is 2.49. The molecule has 1 fully saturated rings. The van der Waals surface area contributed by atoms with Crippen LogP contribution in [0, 0.1) is 6.92 Å². The number of hydrogen-bond donors (Lipinski definition) is 0. The molecule has 100 valence electrons. The molecule has 2 aromatic rings. The van der Waals surface area contributed by atoms with Gasteiger partial charge in [-0.25, -0.2) is 4.98 Å². The van der Waals surface area contributed by atoms with Gasteiger partial charge in [-0.1, -0.05) is 0 Å². The van der Waals surface area contributed by atoms with E-state index in [1.807, 2.05) is 27.9 Å². The summed E-state index contributed by atoms with van der Waals surface area (Å²) in [5.41, 5.74) is 0.820. The summed E-state index contributed by atoms with van der Waals surface area (Å²) in [5.74, 6) is 0.578. The largest absolute Gasteiger partial charge is 0.338 e. The minimum absolute atomic E-state index is 0.166. The lowest BCUT2D eigenvalue weighted by Gasteiger charge is -2.31. The van der Waals surface area contributed by atoms with Crippen LogP contribution in [0.2, 0.25) is 0 Å². The van der Waals surface area contributed by atoms with Crippen molar-refractivity contribution < 1.29 is 4.79 Å². The summed E-state index contributed by atoms with van der Waals surface area (Å²) in [6, 6.07) is 1.91. The Kier molecular flexibility index (Phi) is 3.66. The van der Waals surface area contributed by atoms with Crippen LogP contribution >= 0.6 is 22.7 Å². The van der Waals surface area contributed by atoms with Crippen LogP contribution in [0.5, 0.6) is 0 Å². The summed E-state index contributed by atoms with van der Waals surface area (Å²) in [7, 11) is 0. The Labute approximate surface area is 120 Å². The molecule has 3 nitrogen and oxygen atoms in total. The molecule has 19 heavy (non-hydrogen) atoms. The van der Waals surface area contributed by atoms with Crippen LogP contribution < -0.4 is 0 Å². The van der Waals surface area contributed by atoms with Gasteiger partial charge in [0.2, 0.25) is 0 Å². The maximum atomic E-state index is 12.4. The molecular formula is C14H16N2OS2. The maximum Gasteiger partial charge on any atom is 0.254 e. The van der Waals surface area contributed by atoms with E-state index in [1.54, 1.807) is 22.7 Å². The summed E-state index contributed by atoms with van der Waals surface area (Å²) in [4.78, 5) is 20.1. The molecule has 0 bridgehead atoms. The molecule has 1 atom stereocenters. The van der Waals surface area contributed by atoms with Gasteiger partial charge in [0.25, 0.3) is 5.91 Å². The van der Waals surface area contributed by atoms with Crippen LogP contribution in [0.25, 0.3) is 0 Å². The molecule has 0 N–H and O–H groups in total. The van der Waals surface area contributed by atoms with E-state index in [9.17, 15) is 4.79 Å². The molecule has 3 rings (SSSR count). The predicted octanol–water partition coefficient (Wildman–Crippen LogP) is 3.53. The van der Waals surface area contributed by atoms with E-state index in [1.165, 1.54) is 9.88 Å². The van der Waals surface area contributed by atoms with Crippen molar-refractivity contribution in [2.75, 3.05) is 13.1 Å². The average molecular weight is 292 g/mol. The predicted molar refractivity (Wildman–Crippen MR) is 79.0 cm³/mol. The summed E-state index contributed by atoms with van der Waals surface area (Å²) in [6.07, 6.45) is 4.14. The quantitative estimate of drug-likeness (QED) is 0.848. The highest BCUT2D eigenvalue weighted by molar-refractivity contribution is 7.11. The van der Waals surface area contributed by atoms with Crippen LogP contribution in [0.3, 0.4) is 0 Å². The SMILES string of the molecule is Cc1cnc([C@@H]2CCCN(C(=O)c3ccsc3)C2)s1. The first-order valence-electron chi connectivity index (χ1n) is 6.48. The number of thiazole rings is 1. The zero-order valence-electron chi connectivity index (χ0n) is 10.8. The van der Waals surface area contributed by atoms with Crippen LogP contribution in [-0.2, 0) is 0 Å². The number of hydrogen-bond acceptors (Lipinski definition) is 4. The van der Waals surface area contributed by atoms with E-state index in [4.69, 9.17) is 0 Å². The fourth-order valence-corrected chi connectivity index (χ4v) is 4.02. The first-order valence-corrected chi connectivity index (χ1v) is 8.24. The van der Waals surface area contributed by atoms with E-state index in [-0.39, 0.29) is 5.91 Å². The maximum absolute atomic E-state index is 12.4. The standard InChI is InChI=1S/C14H16N2OS2/c1-10-7-15-13(19-10)11-3-2-5-16(8-11)14(17)12-4-6-18-9-12/h4,6-7,9,11H,2-3,5,8H2,1H3/t11-/m1/s1. The molecule has 0 aliphatic carbocycles. The second kappa shape index (κ2) is 5.43. The van der Waals surface area contributed by atoms with Crippen molar-refractivity contribution in [3.63, 3.8) is 0 Å². The van der Waals surface area contributed by atoms with Gasteiger partial charge >= 0.3 is 0 Å². The van der Waals surface area contributed by atoms with Crippen molar-refractivity contribution >= 4 is 28.6 Å². The normalized spacial score (nSPS) is 19.6. The average Bonchev–Trinajstić information content (AvgIpc) is 3.09. The Balaban J connectivity index is 1.73. The van der Waals surface area contributed by atoms with Crippen molar-refractivity contribution in [1.82, 2.24) is 9.88 Å². The first kappa shape index (κ1) is 12.8. The highest BCUT2D eigenvalue weighted by Crippen LogP contribution is 2.30. The monoisotopic (exact) mass is 292 g/mol. The van der Waals surface area contributed by atoms with E-state index in [0.717, 1.165) is 31.5 Å². The molecule has 0 aromatic carbocycles. The Morgan fingerprint density at radius 3 is 3.11 bits per heavy atom. The highest BCUT2D eigenvalue weighted by atomic mass is 32.1. The molecule has 1 saturated heterocycles. The molecular weight excluding hydrogens is 276 g/mol. The van der Waals surface area contributed by atoms with Gasteiger partial charge in [0.05, 0.1) is 10.6 Å². The Morgan fingerprint density at radius 1 is 1.53 bits per heavy atom. The first-order chi connectivity index (χ1) is 9.24. The molecule has 3 heterocycles. The third-order valence-electron chi connectivity index (χ3n) is 3.47. The number of aromatic nitrogens is 1. The van der Waals surface area contributed by atoms with Crippen molar-refractivity contribution in [3.8, 4) is 0 Å². The lowest BCUT2D eigenvalue weighted by molar-refractivity contribution is 0.0707. The minimum atomic E-state index is 0.166. The van der Waals surface area contributed by atoms with Crippen molar-refractivity contribution in [1.29, 1.82) is 0 Å². The third-order valence-corrected chi connectivity index (χ3v) is 5.22. The Bertz CT molecular complexity index is 562. The molecule has 1 aliphatic rings. The van der Waals surface area contributed by atoms with Gasteiger partial charge in [-0.05, 0) is 31.2 Å². The number of carbonyl (C=O) groups excluding carboxylic acids is 1. The van der Waals surface area contributed by atoms with E-state index < -0.39 is 0 Å². The molecule has 1 aliphatic heterocycles. The number of likely N-dealkylation sites (tertiary alicyclic amines) is 1. The number of aryl methyl sites for hydroxylation is 1. The molecule has 0 spiro atoms. The van der Waals surface area contributed by atoms with Crippen LogP contribution in [0.15, 0.2) is 23.0 Å². The number of rotatable bonds is 2. The van der Waals surface area contributed by atoms with Gasteiger partial charge < -0.3 is 4.90 Å². The summed E-state index contributed by atoms with van der Waals surface area (Å²) < 4.78 is 0. The zero-order valence-corrected chi connectivity index (χ0v) is 12.5. The molecule has 0 saturated carbocycles. The van der Waals surface area contributed by atoms with Gasteiger partial charge in [0.1, 0.15) is 0 Å². The van der Waals surface area contributed by atoms with Crippen LogP contribution in [-0.4, -0.2) is 28.9 Å².